The summed E-state index contributed by atoms with van der Waals surface area (Å²) in [5, 5.41) is 15.3. The fourth-order valence-electron chi connectivity index (χ4n) is 4.21. The number of piperidine rings is 1. The molecule has 0 amide bonds. The largest absolute Gasteiger partial charge is 0.492 e. The Morgan fingerprint density at radius 3 is 2.43 bits per heavy atom. The Kier molecular flexibility index (Phi) is 4.39. The lowest BCUT2D eigenvalue weighted by Gasteiger charge is -2.41. The van der Waals surface area contributed by atoms with Gasteiger partial charge in [-0.05, 0) is 19.4 Å². The second-order valence-corrected chi connectivity index (χ2v) is 8.61. The maximum Gasteiger partial charge on any atom is 0.230 e. The van der Waals surface area contributed by atoms with Crippen molar-refractivity contribution in [1.29, 1.82) is 0 Å². The summed E-state index contributed by atoms with van der Waals surface area (Å²) in [5.74, 6) is 0.425. The van der Waals surface area contributed by atoms with Gasteiger partial charge in [-0.25, -0.2) is 4.98 Å². The van der Waals surface area contributed by atoms with Crippen LogP contribution in [0.1, 0.15) is 40.7 Å². The highest BCUT2D eigenvalue weighted by Crippen LogP contribution is 2.42. The van der Waals surface area contributed by atoms with Gasteiger partial charge in [0.2, 0.25) is 10.8 Å². The van der Waals surface area contributed by atoms with Gasteiger partial charge < -0.3 is 14.6 Å². The molecule has 3 aromatic rings. The number of nitrogens with zero attached hydrogens (tertiary/aromatic N) is 4. The van der Waals surface area contributed by atoms with Gasteiger partial charge in [0.1, 0.15) is 5.82 Å². The SMILES string of the molecule is Cc1ccc([C@H](c2sc3nc(C)nn3c2O)N2CCC3(CC2)OCCO3)cc1. The molecular weight excluding hydrogens is 376 g/mol. The van der Waals surface area contributed by atoms with Crippen molar-refractivity contribution >= 4 is 16.3 Å². The van der Waals surface area contributed by atoms with Crippen molar-refractivity contribution in [3.8, 4) is 5.88 Å². The van der Waals surface area contributed by atoms with Gasteiger partial charge in [0.25, 0.3) is 0 Å². The van der Waals surface area contributed by atoms with E-state index in [0.717, 1.165) is 41.3 Å². The Bertz CT molecular complexity index is 981. The first-order valence-corrected chi connectivity index (χ1v) is 10.5. The molecular formula is C20H24N4O3S. The van der Waals surface area contributed by atoms with Crippen molar-refractivity contribution in [2.24, 2.45) is 0 Å². The molecule has 0 saturated carbocycles. The summed E-state index contributed by atoms with van der Waals surface area (Å²) in [4.78, 5) is 8.44. The third-order valence-corrected chi connectivity index (χ3v) is 6.76. The molecule has 0 bridgehead atoms. The van der Waals surface area contributed by atoms with Crippen molar-refractivity contribution in [2.45, 2.75) is 38.5 Å². The van der Waals surface area contributed by atoms with E-state index in [1.54, 1.807) is 4.52 Å². The number of aromatic nitrogens is 3. The Labute approximate surface area is 167 Å². The molecule has 0 radical (unpaired) electrons. The highest BCUT2D eigenvalue weighted by Gasteiger charge is 2.42. The molecule has 148 valence electrons. The van der Waals surface area contributed by atoms with Crippen LogP contribution in [0.25, 0.3) is 4.96 Å². The molecule has 2 aromatic heterocycles. The predicted molar refractivity (Wildman–Crippen MR) is 106 cm³/mol. The number of likely N-dealkylation sites (tertiary alicyclic amines) is 1. The number of aromatic hydroxyl groups is 1. The molecule has 5 rings (SSSR count). The lowest BCUT2D eigenvalue weighted by Crippen LogP contribution is -2.46. The summed E-state index contributed by atoms with van der Waals surface area (Å²) >= 11 is 1.50. The van der Waals surface area contributed by atoms with Crippen LogP contribution in [-0.2, 0) is 9.47 Å². The number of rotatable bonds is 3. The van der Waals surface area contributed by atoms with Crippen molar-refractivity contribution in [2.75, 3.05) is 26.3 Å². The Morgan fingerprint density at radius 2 is 1.79 bits per heavy atom. The molecule has 1 spiro atoms. The zero-order chi connectivity index (χ0) is 19.3. The summed E-state index contributed by atoms with van der Waals surface area (Å²) in [6.45, 7) is 6.95. The van der Waals surface area contributed by atoms with E-state index in [2.05, 4.69) is 46.2 Å². The minimum absolute atomic E-state index is 0.0480. The average molecular weight is 401 g/mol. The fraction of sp³-hybridized carbons (Fsp3) is 0.500. The van der Waals surface area contributed by atoms with Crippen LogP contribution in [0.2, 0.25) is 0 Å². The molecule has 7 nitrogen and oxygen atoms in total. The monoisotopic (exact) mass is 400 g/mol. The number of fused-ring (bicyclic) bond motifs is 1. The predicted octanol–water partition coefficient (Wildman–Crippen LogP) is 3.04. The van der Waals surface area contributed by atoms with E-state index in [-0.39, 0.29) is 11.9 Å². The minimum atomic E-state index is -0.418. The molecule has 1 N–H and O–H groups in total. The number of ether oxygens (including phenoxy) is 2. The van der Waals surface area contributed by atoms with E-state index in [1.165, 1.54) is 16.9 Å². The van der Waals surface area contributed by atoms with E-state index in [4.69, 9.17) is 9.47 Å². The molecule has 4 heterocycles. The van der Waals surface area contributed by atoms with Crippen LogP contribution in [0.4, 0.5) is 0 Å². The standard InChI is InChI=1S/C20H24N4O3S/c1-13-3-5-15(6-4-13)16(17-18(25)24-19(28-17)21-14(2)22-24)23-9-7-20(8-10-23)26-11-12-27-20/h3-6,16,25H,7-12H2,1-2H3/t16-/m1/s1. The molecule has 0 unspecified atom stereocenters. The first-order chi connectivity index (χ1) is 13.5. The summed E-state index contributed by atoms with van der Waals surface area (Å²) in [7, 11) is 0. The van der Waals surface area contributed by atoms with Gasteiger partial charge in [-0.1, -0.05) is 41.2 Å². The third kappa shape index (κ3) is 3.00. The van der Waals surface area contributed by atoms with Gasteiger partial charge in [-0.3, -0.25) is 4.90 Å². The zero-order valence-electron chi connectivity index (χ0n) is 16.1. The van der Waals surface area contributed by atoms with Crippen molar-refractivity contribution in [3.05, 3.63) is 46.1 Å². The van der Waals surface area contributed by atoms with Crippen molar-refractivity contribution < 1.29 is 14.6 Å². The van der Waals surface area contributed by atoms with Gasteiger partial charge in [0, 0.05) is 25.9 Å². The molecule has 8 heteroatoms. The number of thiazole rings is 1. The Balaban J connectivity index is 1.52. The number of aryl methyl sites for hydroxylation is 2. The number of hydrogen-bond acceptors (Lipinski definition) is 7. The number of benzene rings is 1. The van der Waals surface area contributed by atoms with Gasteiger partial charge in [0.05, 0.1) is 24.1 Å². The van der Waals surface area contributed by atoms with Crippen molar-refractivity contribution in [3.63, 3.8) is 0 Å². The van der Waals surface area contributed by atoms with E-state index in [9.17, 15) is 5.11 Å². The number of hydrogen-bond donors (Lipinski definition) is 1. The van der Waals surface area contributed by atoms with Crippen LogP contribution in [0.5, 0.6) is 5.88 Å². The van der Waals surface area contributed by atoms with Crippen molar-refractivity contribution in [1.82, 2.24) is 19.5 Å². The molecule has 2 aliphatic heterocycles. The minimum Gasteiger partial charge on any atom is -0.492 e. The lowest BCUT2D eigenvalue weighted by atomic mass is 9.97. The first-order valence-electron chi connectivity index (χ1n) is 9.68. The second kappa shape index (κ2) is 6.81. The maximum atomic E-state index is 10.9. The van der Waals surface area contributed by atoms with Crippen LogP contribution >= 0.6 is 11.3 Å². The van der Waals surface area contributed by atoms with Crippen LogP contribution in [-0.4, -0.2) is 56.7 Å². The topological polar surface area (TPSA) is 72.1 Å². The molecule has 2 aliphatic rings. The Morgan fingerprint density at radius 1 is 1.11 bits per heavy atom. The zero-order valence-corrected chi connectivity index (χ0v) is 16.9. The summed E-state index contributed by atoms with van der Waals surface area (Å²) in [5.41, 5.74) is 2.38. The van der Waals surface area contributed by atoms with E-state index < -0.39 is 5.79 Å². The second-order valence-electron chi connectivity index (χ2n) is 7.60. The quantitative estimate of drug-likeness (QED) is 0.729. The molecule has 1 aromatic carbocycles. The first kappa shape index (κ1) is 18.1. The van der Waals surface area contributed by atoms with Crippen LogP contribution in [0.3, 0.4) is 0 Å². The summed E-state index contributed by atoms with van der Waals surface area (Å²) in [6, 6.07) is 8.49. The molecule has 28 heavy (non-hydrogen) atoms. The van der Waals surface area contributed by atoms with E-state index in [0.29, 0.717) is 19.0 Å². The van der Waals surface area contributed by atoms with Gasteiger partial charge in [0.15, 0.2) is 5.79 Å². The highest BCUT2D eigenvalue weighted by molar-refractivity contribution is 7.17. The normalized spacial score (nSPS) is 20.9. The van der Waals surface area contributed by atoms with Crippen LogP contribution < -0.4 is 0 Å². The van der Waals surface area contributed by atoms with E-state index in [1.807, 2.05) is 6.92 Å². The molecule has 1 atom stereocenters. The van der Waals surface area contributed by atoms with Gasteiger partial charge >= 0.3 is 0 Å². The van der Waals surface area contributed by atoms with Gasteiger partial charge in [-0.2, -0.15) is 4.52 Å². The summed E-state index contributed by atoms with van der Waals surface area (Å²) in [6.07, 6.45) is 1.66. The molecule has 2 fully saturated rings. The maximum absolute atomic E-state index is 10.9. The fourth-order valence-corrected chi connectivity index (χ4v) is 5.37. The van der Waals surface area contributed by atoms with Crippen LogP contribution in [0, 0.1) is 13.8 Å². The smallest absolute Gasteiger partial charge is 0.230 e. The molecule has 0 aliphatic carbocycles. The molecule has 2 saturated heterocycles. The summed E-state index contributed by atoms with van der Waals surface area (Å²) < 4.78 is 13.3. The van der Waals surface area contributed by atoms with Crippen LogP contribution in [0.15, 0.2) is 24.3 Å². The highest BCUT2D eigenvalue weighted by atomic mass is 32.1. The van der Waals surface area contributed by atoms with E-state index >= 15 is 0 Å². The third-order valence-electron chi connectivity index (χ3n) is 5.69. The average Bonchev–Trinajstić information content (AvgIpc) is 3.37. The van der Waals surface area contributed by atoms with Gasteiger partial charge in [-0.15, -0.1) is 5.10 Å². The lowest BCUT2D eigenvalue weighted by molar-refractivity contribution is -0.187. The Hall–Kier alpha value is -2.00.